The average Bonchev–Trinajstić information content (AvgIpc) is 3.35. The van der Waals surface area contributed by atoms with Crippen molar-refractivity contribution in [3.63, 3.8) is 0 Å². The Morgan fingerprint density at radius 3 is 2.47 bits per heavy atom. The summed E-state index contributed by atoms with van der Waals surface area (Å²) in [5, 5.41) is 9.55. The van der Waals surface area contributed by atoms with Crippen molar-refractivity contribution in [1.29, 1.82) is 0 Å². The predicted molar refractivity (Wildman–Crippen MR) is 142 cm³/mol. The molecule has 1 amide bonds. The van der Waals surface area contributed by atoms with E-state index < -0.39 is 0 Å². The third kappa shape index (κ3) is 5.15. The number of halogens is 3. The van der Waals surface area contributed by atoms with Crippen LogP contribution >= 0.6 is 34.8 Å². The van der Waals surface area contributed by atoms with Crippen molar-refractivity contribution in [1.82, 2.24) is 15.1 Å². The van der Waals surface area contributed by atoms with Crippen LogP contribution in [0.25, 0.3) is 16.9 Å². The quantitative estimate of drug-likeness (QED) is 0.244. The van der Waals surface area contributed by atoms with Crippen molar-refractivity contribution in [2.45, 2.75) is 52.9 Å². The lowest BCUT2D eigenvalue weighted by atomic mass is 9.93. The summed E-state index contributed by atoms with van der Waals surface area (Å²) in [6, 6.07) is 11.1. The molecule has 2 aromatic carbocycles. The van der Waals surface area contributed by atoms with Crippen molar-refractivity contribution in [2.75, 3.05) is 6.54 Å². The monoisotopic (exact) mass is 517 g/mol. The molecule has 180 valence electrons. The highest BCUT2D eigenvalue weighted by molar-refractivity contribution is 6.35. The molecule has 0 radical (unpaired) electrons. The summed E-state index contributed by atoms with van der Waals surface area (Å²) in [5.41, 5.74) is 4.97. The highest BCUT2D eigenvalue weighted by Crippen LogP contribution is 2.42. The summed E-state index contributed by atoms with van der Waals surface area (Å²) in [4.78, 5) is 13.3. The van der Waals surface area contributed by atoms with Crippen LogP contribution in [-0.2, 0) is 6.42 Å². The SMILES string of the molecule is CCC(CC)CCC(C)CNC(=O)c1nn(-c2ccc(Cl)cc2Cl)c2c1Cc1cc(Cl)ccc1-2. The summed E-state index contributed by atoms with van der Waals surface area (Å²) < 4.78 is 1.76. The summed E-state index contributed by atoms with van der Waals surface area (Å²) in [7, 11) is 0. The molecule has 1 aliphatic rings. The van der Waals surface area contributed by atoms with Crippen molar-refractivity contribution in [3.05, 3.63) is 68.3 Å². The predicted octanol–water partition coefficient (Wildman–Crippen LogP) is 7.99. The molecule has 1 N–H and O–H groups in total. The number of carbonyl (C=O) groups is 1. The maximum Gasteiger partial charge on any atom is 0.272 e. The van der Waals surface area contributed by atoms with Gasteiger partial charge in [0.15, 0.2) is 5.69 Å². The molecule has 1 aliphatic carbocycles. The average molecular weight is 519 g/mol. The topological polar surface area (TPSA) is 46.9 Å². The number of hydrogen-bond donors (Lipinski definition) is 1. The van der Waals surface area contributed by atoms with Gasteiger partial charge >= 0.3 is 0 Å². The Labute approximate surface area is 216 Å². The lowest BCUT2D eigenvalue weighted by molar-refractivity contribution is 0.0940. The van der Waals surface area contributed by atoms with E-state index in [1.165, 1.54) is 19.3 Å². The number of benzene rings is 2. The van der Waals surface area contributed by atoms with Crippen LogP contribution in [0.15, 0.2) is 36.4 Å². The van der Waals surface area contributed by atoms with Gasteiger partial charge in [-0.3, -0.25) is 4.79 Å². The highest BCUT2D eigenvalue weighted by Gasteiger charge is 2.31. The number of amides is 1. The maximum atomic E-state index is 13.3. The summed E-state index contributed by atoms with van der Waals surface area (Å²) in [5.74, 6) is 1.00. The minimum atomic E-state index is -0.159. The van der Waals surface area contributed by atoms with Gasteiger partial charge in [0.05, 0.1) is 16.4 Å². The van der Waals surface area contributed by atoms with Crippen LogP contribution < -0.4 is 5.32 Å². The molecule has 1 atom stereocenters. The number of nitrogens with zero attached hydrogens (tertiary/aromatic N) is 2. The molecular formula is C27H30Cl3N3O. The van der Waals surface area contributed by atoms with E-state index in [2.05, 4.69) is 26.1 Å². The van der Waals surface area contributed by atoms with E-state index in [9.17, 15) is 4.79 Å². The summed E-state index contributed by atoms with van der Waals surface area (Å²) in [6.45, 7) is 7.31. The number of hydrogen-bond acceptors (Lipinski definition) is 2. The van der Waals surface area contributed by atoms with E-state index in [1.807, 2.05) is 24.3 Å². The molecule has 0 bridgehead atoms. The van der Waals surface area contributed by atoms with Gasteiger partial charge in [-0.25, -0.2) is 4.68 Å². The Morgan fingerprint density at radius 1 is 1.06 bits per heavy atom. The molecular weight excluding hydrogens is 489 g/mol. The molecule has 7 heteroatoms. The van der Waals surface area contributed by atoms with Gasteiger partial charge in [0.25, 0.3) is 5.91 Å². The third-order valence-electron chi connectivity index (χ3n) is 6.86. The first kappa shape index (κ1) is 25.1. The van der Waals surface area contributed by atoms with Crippen LogP contribution in [0.4, 0.5) is 0 Å². The van der Waals surface area contributed by atoms with Crippen LogP contribution in [0.3, 0.4) is 0 Å². The molecule has 4 rings (SSSR count). The fourth-order valence-corrected chi connectivity index (χ4v) is 5.39. The Morgan fingerprint density at radius 2 is 1.76 bits per heavy atom. The van der Waals surface area contributed by atoms with Gasteiger partial charge in [-0.15, -0.1) is 0 Å². The van der Waals surface area contributed by atoms with E-state index in [1.54, 1.807) is 16.8 Å². The van der Waals surface area contributed by atoms with Crippen LogP contribution in [0.2, 0.25) is 15.1 Å². The van der Waals surface area contributed by atoms with Crippen LogP contribution in [0.1, 0.15) is 68.1 Å². The van der Waals surface area contributed by atoms with E-state index >= 15 is 0 Å². The van der Waals surface area contributed by atoms with Gasteiger partial charge in [-0.05, 0) is 54.2 Å². The minimum Gasteiger partial charge on any atom is -0.350 e. The number of carbonyl (C=O) groups excluding carboxylic acids is 1. The van der Waals surface area contributed by atoms with Gasteiger partial charge in [0.2, 0.25) is 0 Å². The zero-order valence-electron chi connectivity index (χ0n) is 19.8. The van der Waals surface area contributed by atoms with Crippen LogP contribution in [0.5, 0.6) is 0 Å². The largest absolute Gasteiger partial charge is 0.350 e. The van der Waals surface area contributed by atoms with E-state index in [0.29, 0.717) is 45.3 Å². The first-order valence-corrected chi connectivity index (χ1v) is 13.1. The molecule has 1 unspecified atom stereocenters. The van der Waals surface area contributed by atoms with E-state index in [-0.39, 0.29) is 5.91 Å². The van der Waals surface area contributed by atoms with E-state index in [4.69, 9.17) is 39.9 Å². The Hall–Kier alpha value is -2.01. The smallest absolute Gasteiger partial charge is 0.272 e. The van der Waals surface area contributed by atoms with Crippen molar-refractivity contribution in [2.24, 2.45) is 11.8 Å². The molecule has 0 aliphatic heterocycles. The van der Waals surface area contributed by atoms with Gasteiger partial charge in [-0.1, -0.05) is 80.9 Å². The molecule has 1 heterocycles. The van der Waals surface area contributed by atoms with Crippen LogP contribution in [0, 0.1) is 11.8 Å². The van der Waals surface area contributed by atoms with Gasteiger partial charge in [-0.2, -0.15) is 5.10 Å². The minimum absolute atomic E-state index is 0.159. The number of nitrogens with one attached hydrogen (secondary N) is 1. The number of fused-ring (bicyclic) bond motifs is 3. The Bertz CT molecular complexity index is 1200. The number of rotatable bonds is 9. The molecule has 1 aromatic heterocycles. The van der Waals surface area contributed by atoms with Gasteiger partial charge in [0, 0.05) is 34.1 Å². The second kappa shape index (κ2) is 10.7. The second-order valence-electron chi connectivity index (χ2n) is 9.24. The molecule has 34 heavy (non-hydrogen) atoms. The first-order valence-electron chi connectivity index (χ1n) is 12.0. The van der Waals surface area contributed by atoms with Gasteiger partial charge < -0.3 is 5.32 Å². The fraction of sp³-hybridized carbons (Fsp3) is 0.407. The normalized spacial score (nSPS) is 13.1. The highest BCUT2D eigenvalue weighted by atomic mass is 35.5. The Kier molecular flexibility index (Phi) is 7.91. The second-order valence-corrected chi connectivity index (χ2v) is 10.5. The molecule has 0 saturated heterocycles. The Balaban J connectivity index is 1.62. The first-order chi connectivity index (χ1) is 16.3. The van der Waals surface area contributed by atoms with E-state index in [0.717, 1.165) is 34.7 Å². The lowest BCUT2D eigenvalue weighted by Gasteiger charge is -2.16. The van der Waals surface area contributed by atoms with Crippen LogP contribution in [-0.4, -0.2) is 22.2 Å². The standard InChI is InChI=1S/C27H30Cl3N3O/c1-4-17(5-2)7-6-16(3)15-31-27(34)25-22-13-18-12-19(28)8-10-21(18)26(22)33(32-25)24-11-9-20(29)14-23(24)30/h8-12,14,16-17H,4-7,13,15H2,1-3H3,(H,31,34). The number of aromatic nitrogens is 2. The molecule has 0 fully saturated rings. The zero-order valence-corrected chi connectivity index (χ0v) is 22.1. The molecule has 3 aromatic rings. The molecule has 4 nitrogen and oxygen atoms in total. The fourth-order valence-electron chi connectivity index (χ4n) is 4.70. The van der Waals surface area contributed by atoms with Crippen molar-refractivity contribution in [3.8, 4) is 16.9 Å². The lowest BCUT2D eigenvalue weighted by Crippen LogP contribution is -2.29. The zero-order chi connectivity index (χ0) is 24.4. The maximum absolute atomic E-state index is 13.3. The van der Waals surface area contributed by atoms with Gasteiger partial charge in [0.1, 0.15) is 0 Å². The van der Waals surface area contributed by atoms with Crippen molar-refractivity contribution >= 4 is 40.7 Å². The molecule has 0 spiro atoms. The van der Waals surface area contributed by atoms with Crippen molar-refractivity contribution < 1.29 is 4.79 Å². The third-order valence-corrected chi connectivity index (χ3v) is 7.63. The summed E-state index contributed by atoms with van der Waals surface area (Å²) in [6.07, 6.45) is 5.31. The molecule has 0 saturated carbocycles. The summed E-state index contributed by atoms with van der Waals surface area (Å²) >= 11 is 18.9.